The fourth-order valence-corrected chi connectivity index (χ4v) is 3.38. The second-order valence-corrected chi connectivity index (χ2v) is 8.12. The highest BCUT2D eigenvalue weighted by Crippen LogP contribution is 2.26. The highest BCUT2D eigenvalue weighted by atomic mass is 35.5. The molecule has 0 saturated carbocycles. The topological polar surface area (TPSA) is 75.7 Å². The first-order valence-corrected chi connectivity index (χ1v) is 10.3. The number of carbonyl (C=O) groups excluding carboxylic acids is 1. The molecule has 9 heteroatoms. The third kappa shape index (κ3) is 5.52. The van der Waals surface area contributed by atoms with E-state index >= 15 is 0 Å². The Hall–Kier alpha value is -1.96. The Kier molecular flexibility index (Phi) is 6.75. The van der Waals surface area contributed by atoms with Gasteiger partial charge in [0.2, 0.25) is 15.9 Å². The fraction of sp³-hybridized carbons (Fsp3) is 0.235. The number of nitrogens with zero attached hydrogens (tertiary/aromatic N) is 1. The minimum atomic E-state index is -3.68. The minimum absolute atomic E-state index is 0.301. The molecule has 0 bridgehead atoms. The number of rotatable bonds is 7. The van der Waals surface area contributed by atoms with Crippen molar-refractivity contribution in [3.05, 3.63) is 52.5 Å². The maximum Gasteiger partial charge on any atom is 0.245 e. The summed E-state index contributed by atoms with van der Waals surface area (Å²) >= 11 is 11.9. The Bertz CT molecular complexity index is 886. The predicted molar refractivity (Wildman–Crippen MR) is 105 cm³/mol. The summed E-state index contributed by atoms with van der Waals surface area (Å²) in [7, 11) is -3.68. The Balaban J connectivity index is 2.20. The van der Waals surface area contributed by atoms with Gasteiger partial charge in [-0.05, 0) is 49.4 Å². The van der Waals surface area contributed by atoms with Crippen LogP contribution in [0.25, 0.3) is 0 Å². The number of sulfonamides is 1. The SMILES string of the molecule is CCOc1ccc(N(CC(=O)Nc2cc(Cl)ccc2Cl)S(C)(=O)=O)cc1. The molecule has 0 heterocycles. The molecule has 2 aromatic carbocycles. The van der Waals surface area contributed by atoms with E-state index in [1.54, 1.807) is 36.4 Å². The molecule has 0 saturated heterocycles. The predicted octanol–water partition coefficient (Wildman–Crippen LogP) is 3.80. The molecule has 0 aliphatic carbocycles. The van der Waals surface area contributed by atoms with Crippen molar-refractivity contribution in [1.82, 2.24) is 0 Å². The zero-order chi connectivity index (χ0) is 19.3. The summed E-state index contributed by atoms with van der Waals surface area (Å²) < 4.78 is 30.6. The van der Waals surface area contributed by atoms with Crippen molar-refractivity contribution < 1.29 is 17.9 Å². The van der Waals surface area contributed by atoms with Gasteiger partial charge in [0.05, 0.1) is 29.3 Å². The summed E-state index contributed by atoms with van der Waals surface area (Å²) in [5, 5.41) is 3.27. The van der Waals surface area contributed by atoms with Crippen molar-refractivity contribution in [2.45, 2.75) is 6.92 Å². The van der Waals surface area contributed by atoms with Gasteiger partial charge < -0.3 is 10.1 Å². The lowest BCUT2D eigenvalue weighted by Crippen LogP contribution is -2.37. The molecule has 2 rings (SSSR count). The molecule has 26 heavy (non-hydrogen) atoms. The van der Waals surface area contributed by atoms with Gasteiger partial charge in [-0.2, -0.15) is 0 Å². The number of halogens is 2. The second-order valence-electron chi connectivity index (χ2n) is 5.37. The van der Waals surface area contributed by atoms with Crippen molar-refractivity contribution in [3.63, 3.8) is 0 Å². The van der Waals surface area contributed by atoms with Gasteiger partial charge in [0.1, 0.15) is 12.3 Å². The molecule has 1 N–H and O–H groups in total. The van der Waals surface area contributed by atoms with Gasteiger partial charge in [0.25, 0.3) is 0 Å². The van der Waals surface area contributed by atoms with E-state index in [4.69, 9.17) is 27.9 Å². The van der Waals surface area contributed by atoms with Crippen molar-refractivity contribution in [1.29, 1.82) is 0 Å². The summed E-state index contributed by atoms with van der Waals surface area (Å²) in [4.78, 5) is 12.3. The van der Waals surface area contributed by atoms with E-state index in [0.717, 1.165) is 10.6 Å². The van der Waals surface area contributed by atoms with Crippen molar-refractivity contribution in [3.8, 4) is 5.75 Å². The fourth-order valence-electron chi connectivity index (χ4n) is 2.19. The first-order chi connectivity index (χ1) is 12.2. The van der Waals surface area contributed by atoms with E-state index in [0.29, 0.717) is 33.8 Å². The number of amides is 1. The zero-order valence-corrected chi connectivity index (χ0v) is 16.5. The summed E-state index contributed by atoms with van der Waals surface area (Å²) in [6.07, 6.45) is 1.03. The lowest BCUT2D eigenvalue weighted by molar-refractivity contribution is -0.114. The van der Waals surface area contributed by atoms with Gasteiger partial charge in [-0.15, -0.1) is 0 Å². The molecule has 0 fully saturated rings. The van der Waals surface area contributed by atoms with E-state index in [1.807, 2.05) is 6.92 Å². The minimum Gasteiger partial charge on any atom is -0.494 e. The molecule has 2 aromatic rings. The molecule has 0 aliphatic heterocycles. The van der Waals surface area contributed by atoms with Gasteiger partial charge in [-0.3, -0.25) is 9.10 Å². The third-order valence-electron chi connectivity index (χ3n) is 3.33. The maximum atomic E-state index is 12.3. The number of carbonyl (C=O) groups is 1. The Morgan fingerprint density at radius 1 is 1.15 bits per heavy atom. The van der Waals surface area contributed by atoms with Crippen LogP contribution in [0.2, 0.25) is 10.0 Å². The molecule has 140 valence electrons. The van der Waals surface area contributed by atoms with Gasteiger partial charge >= 0.3 is 0 Å². The van der Waals surface area contributed by atoms with Crippen LogP contribution >= 0.6 is 23.2 Å². The standard InChI is InChI=1S/C17H18Cl2N2O4S/c1-3-25-14-7-5-13(6-8-14)21(26(2,23)24)11-17(22)20-16-10-12(18)4-9-15(16)19/h4-10H,3,11H2,1-2H3,(H,20,22). The number of hydrogen-bond acceptors (Lipinski definition) is 4. The lowest BCUT2D eigenvalue weighted by atomic mass is 10.3. The van der Waals surface area contributed by atoms with Crippen LogP contribution in [0.4, 0.5) is 11.4 Å². The van der Waals surface area contributed by atoms with E-state index in [1.165, 1.54) is 6.07 Å². The lowest BCUT2D eigenvalue weighted by Gasteiger charge is -2.22. The first kappa shape index (κ1) is 20.4. The van der Waals surface area contributed by atoms with Crippen LogP contribution in [0.1, 0.15) is 6.92 Å². The highest BCUT2D eigenvalue weighted by molar-refractivity contribution is 7.92. The quantitative estimate of drug-likeness (QED) is 0.744. The molecule has 6 nitrogen and oxygen atoms in total. The van der Waals surface area contributed by atoms with Gasteiger partial charge in [-0.1, -0.05) is 23.2 Å². The smallest absolute Gasteiger partial charge is 0.245 e. The molecular weight excluding hydrogens is 399 g/mol. The van der Waals surface area contributed by atoms with Crippen molar-refractivity contribution >= 4 is 50.5 Å². The van der Waals surface area contributed by atoms with Crippen molar-refractivity contribution in [2.75, 3.05) is 29.0 Å². The van der Waals surface area contributed by atoms with Gasteiger partial charge in [0.15, 0.2) is 0 Å². The molecule has 0 aliphatic rings. The van der Waals surface area contributed by atoms with Gasteiger partial charge in [0, 0.05) is 5.02 Å². The molecule has 0 radical (unpaired) electrons. The van der Waals surface area contributed by atoms with Crippen LogP contribution < -0.4 is 14.4 Å². The number of benzene rings is 2. The third-order valence-corrected chi connectivity index (χ3v) is 5.03. The molecule has 1 amide bonds. The number of nitrogens with one attached hydrogen (secondary N) is 1. The molecule has 0 atom stereocenters. The molecule has 0 spiro atoms. The summed E-state index contributed by atoms with van der Waals surface area (Å²) in [6, 6.07) is 11.1. The van der Waals surface area contributed by atoms with Crippen LogP contribution in [-0.2, 0) is 14.8 Å². The van der Waals surface area contributed by atoms with Gasteiger partial charge in [-0.25, -0.2) is 8.42 Å². The average Bonchev–Trinajstić information content (AvgIpc) is 2.56. The monoisotopic (exact) mass is 416 g/mol. The first-order valence-electron chi connectivity index (χ1n) is 7.66. The van der Waals surface area contributed by atoms with E-state index in [9.17, 15) is 13.2 Å². The van der Waals surface area contributed by atoms with E-state index < -0.39 is 22.5 Å². The van der Waals surface area contributed by atoms with Crippen LogP contribution in [0.15, 0.2) is 42.5 Å². The number of anilines is 2. The van der Waals surface area contributed by atoms with E-state index in [2.05, 4.69) is 5.32 Å². The number of hydrogen-bond donors (Lipinski definition) is 1. The number of ether oxygens (including phenoxy) is 1. The second kappa shape index (κ2) is 8.62. The van der Waals surface area contributed by atoms with E-state index in [-0.39, 0.29) is 0 Å². The van der Waals surface area contributed by atoms with Crippen LogP contribution in [0.3, 0.4) is 0 Å². The molecule has 0 unspecified atom stereocenters. The van der Waals surface area contributed by atoms with Crippen LogP contribution in [0.5, 0.6) is 5.75 Å². The Morgan fingerprint density at radius 2 is 1.81 bits per heavy atom. The molecular formula is C17H18Cl2N2O4S. The average molecular weight is 417 g/mol. The maximum absolute atomic E-state index is 12.3. The van der Waals surface area contributed by atoms with Crippen LogP contribution in [-0.4, -0.2) is 33.7 Å². The Morgan fingerprint density at radius 3 is 2.38 bits per heavy atom. The Labute approximate surface area is 162 Å². The summed E-state index contributed by atoms with van der Waals surface area (Å²) in [5.41, 5.74) is 0.660. The largest absolute Gasteiger partial charge is 0.494 e. The van der Waals surface area contributed by atoms with Crippen LogP contribution in [0, 0.1) is 0 Å². The normalized spacial score (nSPS) is 11.1. The van der Waals surface area contributed by atoms with Crippen molar-refractivity contribution in [2.24, 2.45) is 0 Å². The summed E-state index contributed by atoms with van der Waals surface area (Å²) in [6.45, 7) is 1.94. The summed E-state index contributed by atoms with van der Waals surface area (Å²) in [5.74, 6) is 0.0633. The molecule has 0 aromatic heterocycles. The zero-order valence-electron chi connectivity index (χ0n) is 14.2. The highest BCUT2D eigenvalue weighted by Gasteiger charge is 2.21.